The Labute approximate surface area is 309 Å². The maximum absolute atomic E-state index is 12.6. The average Bonchev–Trinajstić information content (AvgIpc) is 3.09. The lowest BCUT2D eigenvalue weighted by Gasteiger charge is -2.50. The molecule has 0 saturated carbocycles. The highest BCUT2D eigenvalue weighted by Gasteiger charge is 2.51. The van der Waals surface area contributed by atoms with E-state index in [1.807, 2.05) is 26.0 Å². The fourth-order valence-electron chi connectivity index (χ4n) is 7.93. The highest BCUT2D eigenvalue weighted by atomic mass is 28.4. The van der Waals surface area contributed by atoms with Gasteiger partial charge in [-0.25, -0.2) is 4.79 Å². The number of hydrogen-bond donors (Lipinski definition) is 0. The highest BCUT2D eigenvalue weighted by molar-refractivity contribution is 6.99. The predicted octanol–water partition coefficient (Wildman–Crippen LogP) is 9.08. The summed E-state index contributed by atoms with van der Waals surface area (Å²) in [6.45, 7) is 25.7. The molecular formula is C44H64O6Si. The normalized spacial score (nSPS) is 24.1. The summed E-state index contributed by atoms with van der Waals surface area (Å²) < 4.78 is 32.9. The van der Waals surface area contributed by atoms with Crippen LogP contribution in [0.25, 0.3) is 0 Å². The fraction of sp³-hybridized carbons (Fsp3) is 0.568. The lowest BCUT2D eigenvalue weighted by Crippen LogP contribution is -2.66. The molecule has 51 heavy (non-hydrogen) atoms. The van der Waals surface area contributed by atoms with Gasteiger partial charge in [0.05, 0.1) is 24.4 Å². The molecule has 6 atom stereocenters. The van der Waals surface area contributed by atoms with Crippen LogP contribution < -0.4 is 10.4 Å². The van der Waals surface area contributed by atoms with Crippen LogP contribution in [0.4, 0.5) is 0 Å². The van der Waals surface area contributed by atoms with E-state index < -0.39 is 26.2 Å². The molecular weight excluding hydrogens is 653 g/mol. The second kappa shape index (κ2) is 17.8. The van der Waals surface area contributed by atoms with E-state index in [1.165, 1.54) is 16.4 Å². The van der Waals surface area contributed by atoms with Crippen molar-refractivity contribution < 1.29 is 28.2 Å². The molecule has 0 N–H and O–H groups in total. The first kappa shape index (κ1) is 41.0. The van der Waals surface area contributed by atoms with Gasteiger partial charge >= 0.3 is 5.97 Å². The van der Waals surface area contributed by atoms with Crippen molar-refractivity contribution in [2.24, 2.45) is 11.3 Å². The van der Waals surface area contributed by atoms with E-state index >= 15 is 0 Å². The molecule has 2 aliphatic heterocycles. The van der Waals surface area contributed by atoms with Gasteiger partial charge in [-0.05, 0) is 73.4 Å². The Balaban J connectivity index is 1.55. The zero-order chi connectivity index (χ0) is 37.3. The molecule has 280 valence electrons. The number of hydrogen-bond acceptors (Lipinski definition) is 6. The second-order valence-electron chi connectivity index (χ2n) is 16.4. The van der Waals surface area contributed by atoms with E-state index in [4.69, 9.17) is 23.4 Å². The van der Waals surface area contributed by atoms with Gasteiger partial charge in [-0.3, -0.25) is 0 Å². The summed E-state index contributed by atoms with van der Waals surface area (Å²) in [5.74, 6) is -1.14. The summed E-state index contributed by atoms with van der Waals surface area (Å²) in [5, 5.41) is 2.39. The van der Waals surface area contributed by atoms with Crippen molar-refractivity contribution in [3.05, 3.63) is 98.1 Å². The molecule has 2 saturated heterocycles. The minimum absolute atomic E-state index is 0.0749. The molecule has 2 aromatic rings. The van der Waals surface area contributed by atoms with E-state index in [0.717, 1.165) is 32.1 Å². The van der Waals surface area contributed by atoms with Gasteiger partial charge < -0.3 is 23.4 Å². The van der Waals surface area contributed by atoms with Gasteiger partial charge in [-0.15, -0.1) is 6.58 Å². The van der Waals surface area contributed by atoms with Crippen LogP contribution in [0, 0.1) is 11.3 Å². The molecule has 2 aromatic carbocycles. The van der Waals surface area contributed by atoms with Crippen LogP contribution in [0.5, 0.6) is 0 Å². The molecule has 6 nitrogen and oxygen atoms in total. The zero-order valence-electron chi connectivity index (χ0n) is 32.6. The topological polar surface area (TPSA) is 63.2 Å². The smallest absolute Gasteiger partial charge is 0.330 e. The van der Waals surface area contributed by atoms with Gasteiger partial charge in [0, 0.05) is 30.9 Å². The number of rotatable bonds is 16. The maximum atomic E-state index is 12.6. The average molecular weight is 717 g/mol. The van der Waals surface area contributed by atoms with Crippen LogP contribution in [0.3, 0.4) is 0 Å². The number of ether oxygens (including phenoxy) is 4. The molecule has 0 radical (unpaired) electrons. The third kappa shape index (κ3) is 10.4. The van der Waals surface area contributed by atoms with Crippen LogP contribution in [0.1, 0.15) is 100 Å². The van der Waals surface area contributed by atoms with Crippen LogP contribution in [0.15, 0.2) is 98.1 Å². The standard InChI is InChI=1S/C44H64O6Si/c1-11-21-34-22-20-27-39(47-34)43(7,8)40-31-36(49-44(9,10)50-40)30-35(48-41(45)13-3)29-28-33(12-2)32-46-51(42(4,5)6,37-23-16-14-17-24-37)38-25-18-15-19-26-38/h11,13-19,23-26,28-29,33-36,39-40H,1,3,12,20-22,27,30-32H2,2,4-10H3/b29-28-/t33-,34+,35-,36-,39+,40+/m1/s1. The van der Waals surface area contributed by atoms with Gasteiger partial charge in [0.1, 0.15) is 6.10 Å². The highest BCUT2D eigenvalue weighted by Crippen LogP contribution is 2.44. The first-order chi connectivity index (χ1) is 24.1. The van der Waals surface area contributed by atoms with E-state index in [2.05, 4.69) is 121 Å². The summed E-state index contributed by atoms with van der Waals surface area (Å²) in [6.07, 6.45) is 13.0. The van der Waals surface area contributed by atoms with Crippen molar-refractivity contribution in [1.29, 1.82) is 0 Å². The molecule has 7 heteroatoms. The molecule has 2 aliphatic rings. The van der Waals surface area contributed by atoms with Crippen molar-refractivity contribution in [2.75, 3.05) is 6.61 Å². The first-order valence-corrected chi connectivity index (χ1v) is 20.9. The van der Waals surface area contributed by atoms with Gasteiger partial charge in [0.25, 0.3) is 8.32 Å². The third-order valence-electron chi connectivity index (χ3n) is 10.8. The maximum Gasteiger partial charge on any atom is 0.330 e. The van der Waals surface area contributed by atoms with Crippen molar-refractivity contribution in [1.82, 2.24) is 0 Å². The lowest BCUT2D eigenvalue weighted by molar-refractivity contribution is -0.327. The first-order valence-electron chi connectivity index (χ1n) is 19.0. The summed E-state index contributed by atoms with van der Waals surface area (Å²) in [7, 11) is -2.70. The fourth-order valence-corrected chi connectivity index (χ4v) is 12.5. The molecule has 0 unspecified atom stereocenters. The number of carbonyl (C=O) groups is 1. The van der Waals surface area contributed by atoms with E-state index in [0.29, 0.717) is 19.4 Å². The van der Waals surface area contributed by atoms with Gasteiger partial charge in [0.15, 0.2) is 5.79 Å². The Morgan fingerprint density at radius 1 is 0.922 bits per heavy atom. The number of benzene rings is 2. The van der Waals surface area contributed by atoms with Crippen LogP contribution in [-0.2, 0) is 28.2 Å². The minimum Gasteiger partial charge on any atom is -0.455 e. The predicted molar refractivity (Wildman–Crippen MR) is 211 cm³/mol. The molecule has 0 bridgehead atoms. The molecule has 4 rings (SSSR count). The van der Waals surface area contributed by atoms with Crippen LogP contribution in [-0.4, -0.2) is 57.2 Å². The summed E-state index contributed by atoms with van der Waals surface area (Å²) in [6, 6.07) is 21.4. The van der Waals surface area contributed by atoms with E-state index in [9.17, 15) is 4.79 Å². The van der Waals surface area contributed by atoms with Gasteiger partial charge in [-0.1, -0.05) is 121 Å². The largest absolute Gasteiger partial charge is 0.455 e. The van der Waals surface area contributed by atoms with Crippen molar-refractivity contribution in [3.63, 3.8) is 0 Å². The Morgan fingerprint density at radius 3 is 2.10 bits per heavy atom. The summed E-state index contributed by atoms with van der Waals surface area (Å²) >= 11 is 0. The van der Waals surface area contributed by atoms with Crippen LogP contribution >= 0.6 is 0 Å². The summed E-state index contributed by atoms with van der Waals surface area (Å²) in [4.78, 5) is 12.6. The second-order valence-corrected chi connectivity index (χ2v) is 20.8. The van der Waals surface area contributed by atoms with Crippen LogP contribution in [0.2, 0.25) is 5.04 Å². The van der Waals surface area contributed by atoms with Crippen molar-refractivity contribution >= 4 is 24.7 Å². The van der Waals surface area contributed by atoms with Gasteiger partial charge in [0.2, 0.25) is 0 Å². The SMILES string of the molecule is C=CC[C@H]1CCC[C@@H](C(C)(C)[C@@H]2C[C@@H](C[C@@H](/C=C\[C@@H](CC)CO[Si](c3ccccc3)(c3ccccc3)C(C)(C)C)OC(=O)C=C)OC(C)(C)O2)O1. The molecule has 2 heterocycles. The molecule has 0 amide bonds. The Hall–Kier alpha value is -2.81. The molecule has 0 spiro atoms. The van der Waals surface area contributed by atoms with Crippen molar-refractivity contribution in [2.45, 2.75) is 142 Å². The van der Waals surface area contributed by atoms with E-state index in [1.54, 1.807) is 0 Å². The zero-order valence-corrected chi connectivity index (χ0v) is 33.6. The number of carbonyl (C=O) groups excluding carboxylic acids is 1. The molecule has 0 aromatic heterocycles. The van der Waals surface area contributed by atoms with E-state index in [-0.39, 0.29) is 40.8 Å². The van der Waals surface area contributed by atoms with Gasteiger partial charge in [-0.2, -0.15) is 0 Å². The monoisotopic (exact) mass is 716 g/mol. The summed E-state index contributed by atoms with van der Waals surface area (Å²) in [5.41, 5.74) is -0.242. The molecule has 0 aliphatic carbocycles. The Bertz CT molecular complexity index is 1390. The quantitative estimate of drug-likeness (QED) is 0.0748. The third-order valence-corrected chi connectivity index (χ3v) is 15.8. The Morgan fingerprint density at radius 2 is 1.55 bits per heavy atom. The Kier molecular flexibility index (Phi) is 14.3. The minimum atomic E-state index is -2.70. The molecule has 2 fully saturated rings. The number of esters is 1. The van der Waals surface area contributed by atoms with Crippen molar-refractivity contribution in [3.8, 4) is 0 Å². The lowest BCUT2D eigenvalue weighted by atomic mass is 9.74.